The molecule has 2 rings (SSSR count). The first-order valence-electron chi connectivity index (χ1n) is 5.36. The van der Waals surface area contributed by atoms with Gasteiger partial charge in [-0.05, 0) is 32.2 Å². The number of rotatable bonds is 4. The van der Waals surface area contributed by atoms with E-state index in [1.54, 1.807) is 22.7 Å². The van der Waals surface area contributed by atoms with Crippen molar-refractivity contribution in [3.8, 4) is 0 Å². The second-order valence-electron chi connectivity index (χ2n) is 3.86. The molecule has 86 valence electrons. The van der Waals surface area contributed by atoms with Gasteiger partial charge in [-0.25, -0.2) is 4.98 Å². The molecule has 2 aromatic rings. The Morgan fingerprint density at radius 3 is 2.81 bits per heavy atom. The predicted octanol–water partition coefficient (Wildman–Crippen LogP) is 3.67. The Morgan fingerprint density at radius 1 is 1.44 bits per heavy atom. The first-order valence-corrected chi connectivity index (χ1v) is 7.06. The van der Waals surface area contributed by atoms with Gasteiger partial charge in [0.15, 0.2) is 0 Å². The van der Waals surface area contributed by atoms with Crippen molar-refractivity contribution in [1.82, 2.24) is 10.3 Å². The molecule has 0 spiro atoms. The van der Waals surface area contributed by atoms with Gasteiger partial charge in [-0.3, -0.25) is 0 Å². The van der Waals surface area contributed by atoms with E-state index in [9.17, 15) is 0 Å². The van der Waals surface area contributed by atoms with E-state index >= 15 is 0 Å². The summed E-state index contributed by atoms with van der Waals surface area (Å²) in [6.07, 6.45) is 0. The molecule has 0 aliphatic heterocycles. The minimum absolute atomic E-state index is 0.418. The molecule has 0 bridgehead atoms. The minimum atomic E-state index is 0.418. The molecule has 0 radical (unpaired) electrons. The highest BCUT2D eigenvalue weighted by atomic mass is 32.1. The van der Waals surface area contributed by atoms with Crippen LogP contribution in [0.2, 0.25) is 0 Å². The van der Waals surface area contributed by atoms with Crippen LogP contribution in [0.25, 0.3) is 0 Å². The highest BCUT2D eigenvalue weighted by Gasteiger charge is 2.08. The van der Waals surface area contributed by atoms with Crippen LogP contribution in [0.3, 0.4) is 0 Å². The monoisotopic (exact) mass is 252 g/mol. The maximum atomic E-state index is 4.43. The molecule has 2 aromatic heterocycles. The Morgan fingerprint density at radius 2 is 2.25 bits per heavy atom. The number of aryl methyl sites for hydroxylation is 2. The summed E-state index contributed by atoms with van der Waals surface area (Å²) in [6.45, 7) is 7.26. The fraction of sp³-hybridized carbons (Fsp3) is 0.417. The summed E-state index contributed by atoms with van der Waals surface area (Å²) in [4.78, 5) is 7.17. The van der Waals surface area contributed by atoms with E-state index in [1.807, 2.05) is 0 Å². The Balaban J connectivity index is 1.95. The highest BCUT2D eigenvalue weighted by molar-refractivity contribution is 7.11. The average Bonchev–Trinajstić information content (AvgIpc) is 2.84. The number of hydrogen-bond donors (Lipinski definition) is 1. The standard InChI is InChI=1S/C12H16N2S2/c1-8(11-5-4-6-15-11)13-7-12-9(2)14-10(3)16-12/h4-6,8,13H,7H2,1-3H3. The van der Waals surface area contributed by atoms with Crippen molar-refractivity contribution in [2.45, 2.75) is 33.4 Å². The number of thiophene rings is 1. The summed E-state index contributed by atoms with van der Waals surface area (Å²) in [5.74, 6) is 0. The SMILES string of the molecule is Cc1nc(C)c(CNC(C)c2cccs2)s1. The average molecular weight is 252 g/mol. The third-order valence-electron chi connectivity index (χ3n) is 2.54. The third kappa shape index (κ3) is 2.70. The molecule has 2 heterocycles. The fourth-order valence-corrected chi connectivity index (χ4v) is 3.27. The molecule has 1 N–H and O–H groups in total. The molecule has 0 aromatic carbocycles. The van der Waals surface area contributed by atoms with Crippen LogP contribution in [0.15, 0.2) is 17.5 Å². The van der Waals surface area contributed by atoms with E-state index in [1.165, 1.54) is 9.75 Å². The smallest absolute Gasteiger partial charge is 0.0900 e. The zero-order chi connectivity index (χ0) is 11.5. The van der Waals surface area contributed by atoms with E-state index in [-0.39, 0.29) is 0 Å². The van der Waals surface area contributed by atoms with Gasteiger partial charge >= 0.3 is 0 Å². The zero-order valence-corrected chi connectivity index (χ0v) is 11.4. The van der Waals surface area contributed by atoms with Crippen molar-refractivity contribution >= 4 is 22.7 Å². The normalized spacial score (nSPS) is 12.9. The molecule has 1 unspecified atom stereocenters. The summed E-state index contributed by atoms with van der Waals surface area (Å²) in [6, 6.07) is 4.69. The van der Waals surface area contributed by atoms with Crippen molar-refractivity contribution in [3.05, 3.63) is 38.0 Å². The quantitative estimate of drug-likeness (QED) is 0.898. The number of thiazole rings is 1. The molecule has 0 amide bonds. The first kappa shape index (κ1) is 11.8. The minimum Gasteiger partial charge on any atom is -0.304 e. The molecule has 1 atom stereocenters. The van der Waals surface area contributed by atoms with Crippen LogP contribution in [0.4, 0.5) is 0 Å². The number of aromatic nitrogens is 1. The lowest BCUT2D eigenvalue weighted by Gasteiger charge is -2.11. The molecule has 0 aliphatic carbocycles. The van der Waals surface area contributed by atoms with Crippen molar-refractivity contribution < 1.29 is 0 Å². The Kier molecular flexibility index (Phi) is 3.74. The van der Waals surface area contributed by atoms with Crippen LogP contribution in [-0.2, 0) is 6.54 Å². The van der Waals surface area contributed by atoms with Crippen LogP contribution in [0.5, 0.6) is 0 Å². The van der Waals surface area contributed by atoms with Crippen molar-refractivity contribution in [2.75, 3.05) is 0 Å². The Labute approximate surface area is 104 Å². The van der Waals surface area contributed by atoms with Gasteiger partial charge in [0.05, 0.1) is 10.7 Å². The Bertz CT molecular complexity index is 446. The largest absolute Gasteiger partial charge is 0.304 e. The molecule has 0 fully saturated rings. The molecular formula is C12H16N2S2. The maximum Gasteiger partial charge on any atom is 0.0900 e. The fourth-order valence-electron chi connectivity index (χ4n) is 1.62. The Hall–Kier alpha value is -0.710. The van der Waals surface area contributed by atoms with Gasteiger partial charge in [-0.1, -0.05) is 6.07 Å². The van der Waals surface area contributed by atoms with E-state index in [0.29, 0.717) is 6.04 Å². The summed E-state index contributed by atoms with van der Waals surface area (Å²) in [5, 5.41) is 6.81. The van der Waals surface area contributed by atoms with E-state index in [2.05, 4.69) is 48.6 Å². The number of hydrogen-bond acceptors (Lipinski definition) is 4. The van der Waals surface area contributed by atoms with Gasteiger partial charge in [0, 0.05) is 22.3 Å². The molecule has 0 saturated carbocycles. The van der Waals surface area contributed by atoms with Crippen molar-refractivity contribution in [2.24, 2.45) is 0 Å². The van der Waals surface area contributed by atoms with Gasteiger partial charge in [0.1, 0.15) is 0 Å². The molecule has 2 nitrogen and oxygen atoms in total. The summed E-state index contributed by atoms with van der Waals surface area (Å²) in [5.41, 5.74) is 1.16. The lowest BCUT2D eigenvalue weighted by molar-refractivity contribution is 0.585. The van der Waals surface area contributed by atoms with Crippen LogP contribution in [0.1, 0.15) is 33.4 Å². The van der Waals surface area contributed by atoms with Gasteiger partial charge < -0.3 is 5.32 Å². The lowest BCUT2D eigenvalue weighted by Crippen LogP contribution is -2.16. The molecule has 0 saturated heterocycles. The number of nitrogens with one attached hydrogen (secondary N) is 1. The van der Waals surface area contributed by atoms with Crippen LogP contribution < -0.4 is 5.32 Å². The van der Waals surface area contributed by atoms with Crippen LogP contribution in [-0.4, -0.2) is 4.98 Å². The van der Waals surface area contributed by atoms with Gasteiger partial charge in [-0.2, -0.15) is 0 Å². The molecule has 16 heavy (non-hydrogen) atoms. The predicted molar refractivity (Wildman–Crippen MR) is 71.2 cm³/mol. The van der Waals surface area contributed by atoms with Crippen molar-refractivity contribution in [1.29, 1.82) is 0 Å². The van der Waals surface area contributed by atoms with Crippen molar-refractivity contribution in [3.63, 3.8) is 0 Å². The second-order valence-corrected chi connectivity index (χ2v) is 6.13. The van der Waals surface area contributed by atoms with E-state index in [4.69, 9.17) is 0 Å². The van der Waals surface area contributed by atoms with Crippen LogP contribution in [0, 0.1) is 13.8 Å². The topological polar surface area (TPSA) is 24.9 Å². The summed E-state index contributed by atoms with van der Waals surface area (Å²) < 4.78 is 0. The first-order chi connectivity index (χ1) is 7.66. The lowest BCUT2D eigenvalue weighted by atomic mass is 10.2. The molecule has 0 aliphatic rings. The molecular weight excluding hydrogens is 236 g/mol. The second kappa shape index (κ2) is 5.08. The van der Waals surface area contributed by atoms with E-state index in [0.717, 1.165) is 17.2 Å². The summed E-state index contributed by atoms with van der Waals surface area (Å²) in [7, 11) is 0. The van der Waals surface area contributed by atoms with E-state index < -0.39 is 0 Å². The van der Waals surface area contributed by atoms with Gasteiger partial charge in [0.2, 0.25) is 0 Å². The van der Waals surface area contributed by atoms with Gasteiger partial charge in [-0.15, -0.1) is 22.7 Å². The molecule has 4 heteroatoms. The van der Waals surface area contributed by atoms with Gasteiger partial charge in [0.25, 0.3) is 0 Å². The number of nitrogens with zero attached hydrogens (tertiary/aromatic N) is 1. The van der Waals surface area contributed by atoms with Crippen LogP contribution >= 0.6 is 22.7 Å². The maximum absolute atomic E-state index is 4.43. The highest BCUT2D eigenvalue weighted by Crippen LogP contribution is 2.21. The zero-order valence-electron chi connectivity index (χ0n) is 9.78. The summed E-state index contributed by atoms with van der Waals surface area (Å²) >= 11 is 3.58. The third-order valence-corrected chi connectivity index (χ3v) is 4.67.